The van der Waals surface area contributed by atoms with Crippen LogP contribution in [0.5, 0.6) is 5.75 Å². The SMILES string of the molecule is CC1(C)OB(c2cc(Br)cc(C(=O)Oc3ccc4c(c3)C=CC4)c2)OC1(C)C. The second-order valence-corrected chi connectivity index (χ2v) is 9.13. The van der Waals surface area contributed by atoms with Crippen molar-refractivity contribution in [1.82, 2.24) is 0 Å². The predicted molar refractivity (Wildman–Crippen MR) is 114 cm³/mol. The molecule has 0 atom stereocenters. The molecule has 2 aliphatic rings. The molecule has 2 aromatic rings. The van der Waals surface area contributed by atoms with E-state index in [1.165, 1.54) is 5.56 Å². The standard InChI is InChI=1S/C22H22BBrO4/c1-21(2)22(3,4)28-23(27-21)17-10-16(11-18(24)13-17)20(25)26-19-9-8-14-6-5-7-15(14)12-19/h5,7-13H,6H2,1-4H3. The van der Waals surface area contributed by atoms with Gasteiger partial charge in [-0.05, 0) is 81.0 Å². The van der Waals surface area contributed by atoms with E-state index in [9.17, 15) is 4.79 Å². The van der Waals surface area contributed by atoms with E-state index >= 15 is 0 Å². The Morgan fingerprint density at radius 1 is 1.07 bits per heavy atom. The Morgan fingerprint density at radius 3 is 2.50 bits per heavy atom. The maximum atomic E-state index is 12.7. The normalized spacial score (nSPS) is 19.0. The summed E-state index contributed by atoms with van der Waals surface area (Å²) in [5.41, 5.74) is 2.66. The number of halogens is 1. The number of allylic oxidation sites excluding steroid dienone is 1. The Balaban J connectivity index is 1.57. The van der Waals surface area contributed by atoms with Crippen molar-refractivity contribution in [2.75, 3.05) is 0 Å². The van der Waals surface area contributed by atoms with Crippen LogP contribution >= 0.6 is 15.9 Å². The molecule has 0 amide bonds. The molecule has 2 aromatic carbocycles. The van der Waals surface area contributed by atoms with Gasteiger partial charge in [-0.2, -0.15) is 0 Å². The Kier molecular flexibility index (Phi) is 4.77. The molecule has 1 saturated heterocycles. The van der Waals surface area contributed by atoms with E-state index in [0.717, 1.165) is 21.9 Å². The fourth-order valence-electron chi connectivity index (χ4n) is 3.30. The largest absolute Gasteiger partial charge is 0.494 e. The molecular formula is C22H22BBrO4. The Labute approximate surface area is 174 Å². The average molecular weight is 441 g/mol. The minimum Gasteiger partial charge on any atom is -0.423 e. The van der Waals surface area contributed by atoms with Gasteiger partial charge >= 0.3 is 13.1 Å². The van der Waals surface area contributed by atoms with Crippen molar-refractivity contribution in [1.29, 1.82) is 0 Å². The number of hydrogen-bond acceptors (Lipinski definition) is 4. The van der Waals surface area contributed by atoms with Crippen molar-refractivity contribution < 1.29 is 18.8 Å². The molecule has 0 radical (unpaired) electrons. The van der Waals surface area contributed by atoms with Crippen molar-refractivity contribution in [3.63, 3.8) is 0 Å². The molecule has 144 valence electrons. The van der Waals surface area contributed by atoms with Crippen molar-refractivity contribution in [3.8, 4) is 5.75 Å². The number of hydrogen-bond donors (Lipinski definition) is 0. The van der Waals surface area contributed by atoms with Crippen molar-refractivity contribution >= 4 is 40.6 Å². The monoisotopic (exact) mass is 440 g/mol. The number of carbonyl (C=O) groups excluding carboxylic acids is 1. The maximum absolute atomic E-state index is 12.7. The molecule has 1 heterocycles. The highest BCUT2D eigenvalue weighted by Crippen LogP contribution is 2.36. The zero-order valence-corrected chi connectivity index (χ0v) is 18.0. The second-order valence-electron chi connectivity index (χ2n) is 8.22. The fourth-order valence-corrected chi connectivity index (χ4v) is 3.81. The molecular weight excluding hydrogens is 419 g/mol. The smallest absolute Gasteiger partial charge is 0.423 e. The summed E-state index contributed by atoms with van der Waals surface area (Å²) in [7, 11) is -0.542. The van der Waals surface area contributed by atoms with Gasteiger partial charge in [0.2, 0.25) is 0 Å². The van der Waals surface area contributed by atoms with Crippen LogP contribution in [0.25, 0.3) is 6.08 Å². The van der Waals surface area contributed by atoms with E-state index in [2.05, 4.69) is 22.0 Å². The molecule has 0 aromatic heterocycles. The average Bonchev–Trinajstić information content (AvgIpc) is 3.15. The summed E-state index contributed by atoms with van der Waals surface area (Å²) in [6.45, 7) is 8.01. The van der Waals surface area contributed by atoms with Gasteiger partial charge < -0.3 is 14.0 Å². The van der Waals surface area contributed by atoms with Gasteiger partial charge in [0.05, 0.1) is 16.8 Å². The van der Waals surface area contributed by atoms with Crippen LogP contribution in [-0.2, 0) is 15.7 Å². The topological polar surface area (TPSA) is 44.8 Å². The summed E-state index contributed by atoms with van der Waals surface area (Å²) >= 11 is 3.48. The third kappa shape index (κ3) is 3.57. The van der Waals surface area contributed by atoms with Crippen LogP contribution in [0, 0.1) is 0 Å². The highest BCUT2D eigenvalue weighted by molar-refractivity contribution is 9.10. The summed E-state index contributed by atoms with van der Waals surface area (Å²) in [6.07, 6.45) is 5.07. The quantitative estimate of drug-likeness (QED) is 0.399. The molecule has 1 aliphatic carbocycles. The summed E-state index contributed by atoms with van der Waals surface area (Å²) in [5.74, 6) is 0.119. The van der Waals surface area contributed by atoms with E-state index in [-0.39, 0.29) is 0 Å². The van der Waals surface area contributed by atoms with E-state index in [0.29, 0.717) is 11.3 Å². The molecule has 4 nitrogen and oxygen atoms in total. The summed E-state index contributed by atoms with van der Waals surface area (Å²) in [5, 5.41) is 0. The third-order valence-corrected chi connectivity index (χ3v) is 6.10. The van der Waals surface area contributed by atoms with Gasteiger partial charge in [-0.1, -0.05) is 34.1 Å². The Bertz CT molecular complexity index is 964. The van der Waals surface area contributed by atoms with Gasteiger partial charge in [0.25, 0.3) is 0 Å². The van der Waals surface area contributed by atoms with E-state index in [4.69, 9.17) is 14.0 Å². The van der Waals surface area contributed by atoms with Gasteiger partial charge in [-0.15, -0.1) is 0 Å². The first-order valence-electron chi connectivity index (χ1n) is 9.32. The van der Waals surface area contributed by atoms with Gasteiger partial charge in [0.15, 0.2) is 0 Å². The van der Waals surface area contributed by atoms with Crippen LogP contribution < -0.4 is 10.2 Å². The molecule has 0 bridgehead atoms. The lowest BCUT2D eigenvalue weighted by atomic mass is 9.78. The molecule has 4 rings (SSSR count). The minimum absolute atomic E-state index is 0.416. The van der Waals surface area contributed by atoms with Crippen LogP contribution in [0.3, 0.4) is 0 Å². The Morgan fingerprint density at radius 2 is 1.79 bits per heavy atom. The van der Waals surface area contributed by atoms with E-state index in [1.807, 2.05) is 58.0 Å². The molecule has 1 fully saturated rings. The number of benzene rings is 2. The third-order valence-electron chi connectivity index (χ3n) is 5.64. The minimum atomic E-state index is -0.542. The zero-order valence-electron chi connectivity index (χ0n) is 16.4. The number of carbonyl (C=O) groups is 1. The first kappa shape index (κ1) is 19.4. The fraction of sp³-hybridized carbons (Fsp3) is 0.318. The lowest BCUT2D eigenvalue weighted by Crippen LogP contribution is -2.41. The van der Waals surface area contributed by atoms with Gasteiger partial charge in [0.1, 0.15) is 5.75 Å². The van der Waals surface area contributed by atoms with Crippen molar-refractivity contribution in [2.45, 2.75) is 45.3 Å². The number of esters is 1. The van der Waals surface area contributed by atoms with Crippen LogP contribution in [-0.4, -0.2) is 24.3 Å². The molecule has 28 heavy (non-hydrogen) atoms. The predicted octanol–water partition coefficient (Wildman–Crippen LogP) is 4.54. The van der Waals surface area contributed by atoms with Crippen LogP contribution in [0.4, 0.5) is 0 Å². The molecule has 0 N–H and O–H groups in total. The van der Waals surface area contributed by atoms with Crippen LogP contribution in [0.2, 0.25) is 0 Å². The molecule has 0 spiro atoms. The summed E-state index contributed by atoms with van der Waals surface area (Å²) in [6, 6.07) is 11.1. The molecule has 0 unspecified atom stereocenters. The van der Waals surface area contributed by atoms with Crippen molar-refractivity contribution in [3.05, 3.63) is 63.6 Å². The van der Waals surface area contributed by atoms with E-state index < -0.39 is 24.3 Å². The zero-order chi connectivity index (χ0) is 20.1. The van der Waals surface area contributed by atoms with Gasteiger partial charge in [-0.25, -0.2) is 4.79 Å². The first-order chi connectivity index (χ1) is 13.1. The maximum Gasteiger partial charge on any atom is 0.494 e. The van der Waals surface area contributed by atoms with Gasteiger partial charge in [0, 0.05) is 4.47 Å². The van der Waals surface area contributed by atoms with Crippen molar-refractivity contribution in [2.24, 2.45) is 0 Å². The van der Waals surface area contributed by atoms with E-state index in [1.54, 1.807) is 12.1 Å². The first-order valence-corrected chi connectivity index (χ1v) is 10.1. The van der Waals surface area contributed by atoms with Gasteiger partial charge in [-0.3, -0.25) is 0 Å². The summed E-state index contributed by atoms with van der Waals surface area (Å²) < 4.78 is 18.6. The molecule has 1 aliphatic heterocycles. The second kappa shape index (κ2) is 6.87. The van der Waals surface area contributed by atoms with Crippen LogP contribution in [0.1, 0.15) is 49.2 Å². The lowest BCUT2D eigenvalue weighted by molar-refractivity contribution is 0.00578. The molecule has 0 saturated carbocycles. The summed E-state index contributed by atoms with van der Waals surface area (Å²) in [4.78, 5) is 12.7. The highest BCUT2D eigenvalue weighted by atomic mass is 79.9. The van der Waals surface area contributed by atoms with Crippen LogP contribution in [0.15, 0.2) is 46.9 Å². The molecule has 6 heteroatoms. The number of rotatable bonds is 3. The highest BCUT2D eigenvalue weighted by Gasteiger charge is 2.51. The number of fused-ring (bicyclic) bond motifs is 1. The number of ether oxygens (including phenoxy) is 1. The Hall–Kier alpha value is -1.89. The lowest BCUT2D eigenvalue weighted by Gasteiger charge is -2.32.